The van der Waals surface area contributed by atoms with Crippen LogP contribution >= 0.6 is 0 Å². The molecule has 0 saturated heterocycles. The highest BCUT2D eigenvalue weighted by Gasteiger charge is 2.34. The predicted molar refractivity (Wildman–Crippen MR) is 160 cm³/mol. The number of benzene rings is 3. The largest absolute Gasteiger partial charge is 0.497 e. The zero-order chi connectivity index (χ0) is 30.2. The number of para-hydroxylation sites is 2. The first kappa shape index (κ1) is 31.5. The molecule has 1 N–H and O–H groups in total. The summed E-state index contributed by atoms with van der Waals surface area (Å²) in [5.74, 6) is 0.0710. The van der Waals surface area contributed by atoms with Crippen LogP contribution in [0, 0.1) is 6.92 Å². The van der Waals surface area contributed by atoms with E-state index in [0.717, 1.165) is 21.9 Å². The number of nitrogens with zero attached hydrogens (tertiary/aromatic N) is 2. The highest BCUT2D eigenvalue weighted by atomic mass is 32.2. The summed E-state index contributed by atoms with van der Waals surface area (Å²) in [5, 5.41) is 2.93. The summed E-state index contributed by atoms with van der Waals surface area (Å²) < 4.78 is 39.7. The van der Waals surface area contributed by atoms with Gasteiger partial charge in [-0.1, -0.05) is 48.9 Å². The van der Waals surface area contributed by atoms with Crippen molar-refractivity contribution in [2.24, 2.45) is 0 Å². The highest BCUT2D eigenvalue weighted by molar-refractivity contribution is 7.92. The molecule has 0 bridgehead atoms. The predicted octanol–water partition coefficient (Wildman–Crippen LogP) is 4.54. The molecule has 3 aromatic carbocycles. The van der Waals surface area contributed by atoms with Gasteiger partial charge in [0.25, 0.3) is 10.0 Å². The van der Waals surface area contributed by atoms with Gasteiger partial charge in [0.2, 0.25) is 11.8 Å². The summed E-state index contributed by atoms with van der Waals surface area (Å²) in [6.07, 6.45) is 0.723. The minimum Gasteiger partial charge on any atom is -0.497 e. The van der Waals surface area contributed by atoms with E-state index >= 15 is 0 Å². The van der Waals surface area contributed by atoms with Gasteiger partial charge in [-0.25, -0.2) is 8.42 Å². The van der Waals surface area contributed by atoms with Gasteiger partial charge in [-0.05, 0) is 69.2 Å². The Labute approximate surface area is 243 Å². The number of rotatable bonds is 13. The lowest BCUT2D eigenvalue weighted by Gasteiger charge is -2.32. The van der Waals surface area contributed by atoms with Crippen LogP contribution in [0.25, 0.3) is 0 Å². The Balaban J connectivity index is 2.05. The zero-order valence-electron chi connectivity index (χ0n) is 24.5. The van der Waals surface area contributed by atoms with Crippen molar-refractivity contribution in [3.05, 3.63) is 83.9 Å². The van der Waals surface area contributed by atoms with Crippen LogP contribution < -0.4 is 19.1 Å². The van der Waals surface area contributed by atoms with Crippen molar-refractivity contribution in [1.82, 2.24) is 10.2 Å². The van der Waals surface area contributed by atoms with Crippen LogP contribution in [0.1, 0.15) is 38.3 Å². The van der Waals surface area contributed by atoms with Gasteiger partial charge in [0, 0.05) is 12.6 Å². The van der Waals surface area contributed by atoms with Gasteiger partial charge in [-0.2, -0.15) is 0 Å². The molecule has 220 valence electrons. The summed E-state index contributed by atoms with van der Waals surface area (Å²) in [4.78, 5) is 28.7. The van der Waals surface area contributed by atoms with Crippen molar-refractivity contribution in [3.63, 3.8) is 0 Å². The lowest BCUT2D eigenvalue weighted by molar-refractivity contribution is -0.139. The standard InChI is InChI=1S/C31H39N3O6S/c1-7-23(3)32-31(36)24(4)33(20-25-14-16-26(39-5)17-15-25)30(35)21-34(28-10-8-9-11-29(28)40-6)41(37,38)27-18-12-22(2)13-19-27/h8-19,23-24H,7,20-21H2,1-6H3,(H,32,36)/t23-,24-/m1/s1. The van der Waals surface area contributed by atoms with E-state index in [9.17, 15) is 18.0 Å². The Morgan fingerprint density at radius 1 is 0.902 bits per heavy atom. The number of ether oxygens (including phenoxy) is 2. The maximum absolute atomic E-state index is 14.1. The Kier molecular flexibility index (Phi) is 10.8. The first-order valence-corrected chi connectivity index (χ1v) is 14.9. The van der Waals surface area contributed by atoms with Crippen LogP contribution in [-0.4, -0.2) is 58.0 Å². The van der Waals surface area contributed by atoms with Gasteiger partial charge >= 0.3 is 0 Å². The molecule has 0 unspecified atom stereocenters. The van der Waals surface area contributed by atoms with Gasteiger partial charge < -0.3 is 19.7 Å². The fourth-order valence-corrected chi connectivity index (χ4v) is 5.59. The second-order valence-corrected chi connectivity index (χ2v) is 11.7. The molecule has 3 rings (SSSR count). The molecular formula is C31H39N3O6S. The molecule has 0 aliphatic rings. The van der Waals surface area contributed by atoms with Crippen LogP contribution in [-0.2, 0) is 26.2 Å². The normalized spacial score (nSPS) is 12.6. The summed E-state index contributed by atoms with van der Waals surface area (Å²) >= 11 is 0. The number of carbonyl (C=O) groups excluding carboxylic acids is 2. The molecule has 41 heavy (non-hydrogen) atoms. The van der Waals surface area contributed by atoms with E-state index in [1.807, 2.05) is 20.8 Å². The van der Waals surface area contributed by atoms with Crippen molar-refractivity contribution in [2.75, 3.05) is 25.1 Å². The van der Waals surface area contributed by atoms with Crippen molar-refractivity contribution < 1.29 is 27.5 Å². The number of aryl methyl sites for hydroxylation is 1. The highest BCUT2D eigenvalue weighted by Crippen LogP contribution is 2.32. The Hall–Kier alpha value is -4.05. The third-order valence-electron chi connectivity index (χ3n) is 6.92. The minimum atomic E-state index is -4.19. The van der Waals surface area contributed by atoms with Gasteiger partial charge in [0.1, 0.15) is 24.1 Å². The molecule has 0 heterocycles. The number of amides is 2. The number of hydrogen-bond acceptors (Lipinski definition) is 6. The lowest BCUT2D eigenvalue weighted by atomic mass is 10.1. The first-order chi connectivity index (χ1) is 19.5. The second kappa shape index (κ2) is 14.0. The fourth-order valence-electron chi connectivity index (χ4n) is 4.16. The van der Waals surface area contributed by atoms with Crippen LogP contribution in [0.2, 0.25) is 0 Å². The van der Waals surface area contributed by atoms with Crippen LogP contribution in [0.4, 0.5) is 5.69 Å². The zero-order valence-corrected chi connectivity index (χ0v) is 25.3. The molecule has 0 fully saturated rings. The van der Waals surface area contributed by atoms with Crippen molar-refractivity contribution in [1.29, 1.82) is 0 Å². The number of methoxy groups -OCH3 is 2. The Morgan fingerprint density at radius 2 is 1.54 bits per heavy atom. The van der Waals surface area contributed by atoms with Crippen LogP contribution in [0.3, 0.4) is 0 Å². The number of carbonyl (C=O) groups is 2. The number of hydrogen-bond donors (Lipinski definition) is 1. The smallest absolute Gasteiger partial charge is 0.264 e. The molecule has 0 aliphatic carbocycles. The average Bonchev–Trinajstić information content (AvgIpc) is 2.98. The van der Waals surface area contributed by atoms with E-state index < -0.39 is 28.5 Å². The Morgan fingerprint density at radius 3 is 2.12 bits per heavy atom. The molecule has 9 nitrogen and oxygen atoms in total. The quantitative estimate of drug-likeness (QED) is 0.318. The van der Waals surface area contributed by atoms with Crippen molar-refractivity contribution >= 4 is 27.5 Å². The van der Waals surface area contributed by atoms with E-state index in [2.05, 4.69) is 5.32 Å². The van der Waals surface area contributed by atoms with E-state index in [1.54, 1.807) is 74.7 Å². The van der Waals surface area contributed by atoms with E-state index in [-0.39, 0.29) is 29.1 Å². The first-order valence-electron chi connectivity index (χ1n) is 13.5. The number of nitrogens with one attached hydrogen (secondary N) is 1. The molecule has 0 aromatic heterocycles. The second-order valence-electron chi connectivity index (χ2n) is 9.86. The Bertz CT molecular complexity index is 1420. The van der Waals surface area contributed by atoms with Gasteiger partial charge in [0.05, 0.1) is 24.8 Å². The van der Waals surface area contributed by atoms with E-state index in [4.69, 9.17) is 9.47 Å². The maximum atomic E-state index is 14.1. The van der Waals surface area contributed by atoms with E-state index in [0.29, 0.717) is 11.5 Å². The summed E-state index contributed by atoms with van der Waals surface area (Å²) in [6.45, 7) is 6.88. The molecule has 3 aromatic rings. The van der Waals surface area contributed by atoms with Crippen LogP contribution in [0.5, 0.6) is 11.5 Å². The van der Waals surface area contributed by atoms with Crippen molar-refractivity contribution in [2.45, 2.75) is 57.6 Å². The minimum absolute atomic E-state index is 0.0334. The summed E-state index contributed by atoms with van der Waals surface area (Å²) in [6, 6.07) is 19.2. The fraction of sp³-hybridized carbons (Fsp3) is 0.355. The maximum Gasteiger partial charge on any atom is 0.264 e. The lowest BCUT2D eigenvalue weighted by Crippen LogP contribution is -2.52. The molecule has 0 radical (unpaired) electrons. The SMILES string of the molecule is CC[C@@H](C)NC(=O)[C@@H](C)N(Cc1ccc(OC)cc1)C(=O)CN(c1ccccc1OC)S(=O)(=O)c1ccc(C)cc1. The van der Waals surface area contributed by atoms with Crippen molar-refractivity contribution in [3.8, 4) is 11.5 Å². The third kappa shape index (κ3) is 7.79. The number of anilines is 1. The van der Waals surface area contributed by atoms with E-state index in [1.165, 1.54) is 24.1 Å². The van der Waals surface area contributed by atoms with Gasteiger partial charge in [-0.15, -0.1) is 0 Å². The molecule has 2 amide bonds. The third-order valence-corrected chi connectivity index (χ3v) is 8.70. The summed E-state index contributed by atoms with van der Waals surface area (Å²) in [7, 11) is -1.19. The average molecular weight is 582 g/mol. The molecular weight excluding hydrogens is 542 g/mol. The molecule has 10 heteroatoms. The molecule has 0 aliphatic heterocycles. The van der Waals surface area contributed by atoms with Gasteiger partial charge in [-0.3, -0.25) is 13.9 Å². The monoisotopic (exact) mass is 581 g/mol. The molecule has 2 atom stereocenters. The molecule has 0 saturated carbocycles. The summed E-state index contributed by atoms with van der Waals surface area (Å²) in [5.41, 5.74) is 1.87. The van der Waals surface area contributed by atoms with Crippen LogP contribution in [0.15, 0.2) is 77.7 Å². The molecule has 0 spiro atoms. The number of sulfonamides is 1. The topological polar surface area (TPSA) is 105 Å². The van der Waals surface area contributed by atoms with Gasteiger partial charge in [0.15, 0.2) is 0 Å².